The molecule has 3 aromatic rings. The van der Waals surface area contributed by atoms with Gasteiger partial charge in [0.25, 0.3) is 0 Å². The molecule has 2 heterocycles. The van der Waals surface area contributed by atoms with Crippen LogP contribution in [0.5, 0.6) is 5.75 Å². The van der Waals surface area contributed by atoms with Crippen molar-refractivity contribution in [2.75, 3.05) is 18.6 Å². The summed E-state index contributed by atoms with van der Waals surface area (Å²) in [7, 11) is 1.43. The molecule has 2 atom stereocenters. The number of hydrogen-bond acceptors (Lipinski definition) is 5. The van der Waals surface area contributed by atoms with Crippen LogP contribution < -0.4 is 9.64 Å². The Morgan fingerprint density at radius 1 is 1.19 bits per heavy atom. The van der Waals surface area contributed by atoms with E-state index in [-0.39, 0.29) is 40.9 Å². The zero-order valence-electron chi connectivity index (χ0n) is 17.7. The first kappa shape index (κ1) is 20.5. The minimum absolute atomic E-state index is 0.00579. The third-order valence-electron chi connectivity index (χ3n) is 6.47. The Labute approximate surface area is 185 Å². The highest BCUT2D eigenvalue weighted by Crippen LogP contribution is 2.41. The Balaban J connectivity index is 1.45. The van der Waals surface area contributed by atoms with Crippen LogP contribution >= 0.6 is 0 Å². The van der Waals surface area contributed by atoms with Crippen LogP contribution in [-0.4, -0.2) is 35.4 Å². The largest absolute Gasteiger partial charge is 0.496 e. The fourth-order valence-corrected chi connectivity index (χ4v) is 4.99. The normalized spacial score (nSPS) is 19.4. The van der Waals surface area contributed by atoms with E-state index < -0.39 is 5.82 Å². The fourth-order valence-electron chi connectivity index (χ4n) is 4.99. The molecule has 5 nitrogen and oxygen atoms in total. The molecule has 2 aliphatic rings. The number of aromatic nitrogens is 2. The number of hydrogen-bond donors (Lipinski definition) is 0. The van der Waals surface area contributed by atoms with Gasteiger partial charge in [-0.2, -0.15) is 0 Å². The Morgan fingerprint density at radius 3 is 2.81 bits per heavy atom. The number of ether oxygens (including phenoxy) is 1. The van der Waals surface area contributed by atoms with E-state index >= 15 is 0 Å². The number of methoxy groups -OCH3 is 1. The summed E-state index contributed by atoms with van der Waals surface area (Å²) in [5.41, 5.74) is 1.81. The minimum atomic E-state index is -0.537. The van der Waals surface area contributed by atoms with E-state index in [0.29, 0.717) is 17.5 Å². The summed E-state index contributed by atoms with van der Waals surface area (Å²) in [5, 5.41) is 0. The molecule has 7 heteroatoms. The summed E-state index contributed by atoms with van der Waals surface area (Å²) < 4.78 is 33.8. The molecule has 0 N–H and O–H groups in total. The summed E-state index contributed by atoms with van der Waals surface area (Å²) in [4.78, 5) is 23.9. The lowest BCUT2D eigenvalue weighted by Crippen LogP contribution is -2.32. The van der Waals surface area contributed by atoms with E-state index in [1.54, 1.807) is 12.1 Å². The van der Waals surface area contributed by atoms with Gasteiger partial charge in [-0.25, -0.2) is 18.7 Å². The summed E-state index contributed by atoms with van der Waals surface area (Å²) in [6.07, 6.45) is 4.96. The fraction of sp³-hybridized carbons (Fsp3) is 0.320. The molecular weight excluding hydrogens is 412 g/mol. The lowest BCUT2D eigenvalue weighted by molar-refractivity contribution is 0.0988. The highest BCUT2D eigenvalue weighted by atomic mass is 19.1. The summed E-state index contributed by atoms with van der Waals surface area (Å²) in [5.74, 6) is -0.159. The second kappa shape index (κ2) is 8.30. The first-order chi connectivity index (χ1) is 15.5. The molecule has 32 heavy (non-hydrogen) atoms. The number of carbonyl (C=O) groups is 1. The van der Waals surface area contributed by atoms with Crippen molar-refractivity contribution < 1.29 is 18.3 Å². The number of nitrogens with zero attached hydrogens (tertiary/aromatic N) is 3. The number of anilines is 1. The third kappa shape index (κ3) is 3.72. The second-order valence-electron chi connectivity index (χ2n) is 8.44. The molecule has 1 aliphatic heterocycles. The molecule has 1 aliphatic carbocycles. The van der Waals surface area contributed by atoms with Gasteiger partial charge >= 0.3 is 0 Å². The van der Waals surface area contributed by atoms with E-state index in [1.165, 1.54) is 50.1 Å². The van der Waals surface area contributed by atoms with E-state index in [2.05, 4.69) is 14.9 Å². The van der Waals surface area contributed by atoms with Crippen molar-refractivity contribution in [1.29, 1.82) is 0 Å². The number of benzene rings is 2. The number of piperidine rings is 1. The van der Waals surface area contributed by atoms with Gasteiger partial charge in [-0.05, 0) is 67.1 Å². The molecule has 0 unspecified atom stereocenters. The topological polar surface area (TPSA) is 55.3 Å². The number of Topliss-reactive ketones (excluding diaryl/α,β-unsaturated/α-hetero) is 1. The second-order valence-corrected chi connectivity index (χ2v) is 8.44. The van der Waals surface area contributed by atoms with Gasteiger partial charge in [0.2, 0.25) is 0 Å². The van der Waals surface area contributed by atoms with Gasteiger partial charge in [0.1, 0.15) is 23.1 Å². The molecule has 0 spiro atoms. The first-order valence-corrected chi connectivity index (χ1v) is 10.8. The van der Waals surface area contributed by atoms with Crippen LogP contribution in [0.25, 0.3) is 11.4 Å². The van der Waals surface area contributed by atoms with E-state index in [1.807, 2.05) is 0 Å². The average molecular weight is 435 g/mol. The van der Waals surface area contributed by atoms with Gasteiger partial charge in [0.05, 0.1) is 12.7 Å². The van der Waals surface area contributed by atoms with Crippen molar-refractivity contribution in [3.05, 3.63) is 71.6 Å². The molecule has 5 rings (SSSR count). The maximum absolute atomic E-state index is 14.5. The highest BCUT2D eigenvalue weighted by molar-refractivity contribution is 5.97. The standard InChI is InChI=1S/C25H23F2N3O2/c1-32-23-4-2-3-19(27)24(23)25-28-10-9-20(29-25)22(31)13-16-12-17(26)6-8-21(16)30-14-15-5-7-18(30)11-15/h2-4,6,8-10,12,15,18H,5,7,11,13-14H2,1H3/t15-,18+/m1/s1. The van der Waals surface area contributed by atoms with E-state index in [0.717, 1.165) is 25.1 Å². The molecule has 2 bridgehead atoms. The summed E-state index contributed by atoms with van der Waals surface area (Å²) in [6, 6.07) is 11.0. The number of carbonyl (C=O) groups excluding carboxylic acids is 1. The third-order valence-corrected chi connectivity index (χ3v) is 6.47. The molecule has 1 saturated heterocycles. The number of ketones is 1. The van der Waals surface area contributed by atoms with Crippen molar-refractivity contribution in [3.8, 4) is 17.1 Å². The van der Waals surface area contributed by atoms with Gasteiger partial charge in [-0.1, -0.05) is 6.07 Å². The molecule has 0 radical (unpaired) electrons. The lowest BCUT2D eigenvalue weighted by Gasteiger charge is -2.31. The zero-order chi connectivity index (χ0) is 22.2. The Bertz CT molecular complexity index is 1180. The Kier molecular flexibility index (Phi) is 5.33. The van der Waals surface area contributed by atoms with Gasteiger partial charge in [-0.3, -0.25) is 4.79 Å². The molecule has 1 saturated carbocycles. The van der Waals surface area contributed by atoms with Crippen molar-refractivity contribution >= 4 is 11.5 Å². The summed E-state index contributed by atoms with van der Waals surface area (Å²) in [6.45, 7) is 0.947. The van der Waals surface area contributed by atoms with Crippen LogP contribution in [0.2, 0.25) is 0 Å². The minimum Gasteiger partial charge on any atom is -0.496 e. The zero-order valence-corrected chi connectivity index (χ0v) is 17.7. The maximum atomic E-state index is 14.5. The van der Waals surface area contributed by atoms with Crippen molar-refractivity contribution in [2.45, 2.75) is 31.7 Å². The van der Waals surface area contributed by atoms with Crippen molar-refractivity contribution in [3.63, 3.8) is 0 Å². The van der Waals surface area contributed by atoms with Crippen molar-refractivity contribution in [2.24, 2.45) is 5.92 Å². The van der Waals surface area contributed by atoms with Gasteiger partial charge in [-0.15, -0.1) is 0 Å². The smallest absolute Gasteiger partial charge is 0.185 e. The van der Waals surface area contributed by atoms with Gasteiger partial charge in [0.15, 0.2) is 11.6 Å². The van der Waals surface area contributed by atoms with Gasteiger partial charge < -0.3 is 9.64 Å². The monoisotopic (exact) mass is 435 g/mol. The molecule has 0 amide bonds. The maximum Gasteiger partial charge on any atom is 0.185 e. The van der Waals surface area contributed by atoms with E-state index in [4.69, 9.17) is 4.74 Å². The lowest BCUT2D eigenvalue weighted by atomic mass is 10.0. The van der Waals surface area contributed by atoms with Crippen LogP contribution in [0.4, 0.5) is 14.5 Å². The number of halogens is 2. The Morgan fingerprint density at radius 2 is 2.06 bits per heavy atom. The van der Waals surface area contributed by atoms with Gasteiger partial charge in [0, 0.05) is 30.9 Å². The SMILES string of the molecule is COc1cccc(F)c1-c1nccc(C(=O)Cc2cc(F)ccc2N2C[C@@H]3CC[C@H]2C3)n1. The molecule has 1 aromatic heterocycles. The number of fused-ring (bicyclic) bond motifs is 2. The summed E-state index contributed by atoms with van der Waals surface area (Å²) >= 11 is 0. The predicted octanol–water partition coefficient (Wildman–Crippen LogP) is 4.84. The van der Waals surface area contributed by atoms with E-state index in [9.17, 15) is 13.6 Å². The van der Waals surface area contributed by atoms with Crippen LogP contribution in [-0.2, 0) is 6.42 Å². The first-order valence-electron chi connectivity index (χ1n) is 10.8. The van der Waals surface area contributed by atoms with Crippen LogP contribution in [0.3, 0.4) is 0 Å². The average Bonchev–Trinajstić information content (AvgIpc) is 3.43. The van der Waals surface area contributed by atoms with Crippen LogP contribution in [0.1, 0.15) is 35.3 Å². The highest BCUT2D eigenvalue weighted by Gasteiger charge is 2.38. The van der Waals surface area contributed by atoms with Crippen LogP contribution in [0, 0.1) is 17.6 Å². The van der Waals surface area contributed by atoms with Crippen LogP contribution in [0.15, 0.2) is 48.7 Å². The molecule has 164 valence electrons. The number of rotatable bonds is 6. The molecule has 2 aromatic carbocycles. The predicted molar refractivity (Wildman–Crippen MR) is 117 cm³/mol. The molecule has 2 fully saturated rings. The molecular formula is C25H23F2N3O2. The quantitative estimate of drug-likeness (QED) is 0.519. The Hall–Kier alpha value is -3.35. The van der Waals surface area contributed by atoms with Crippen molar-refractivity contribution in [1.82, 2.24) is 9.97 Å².